The molecule has 0 saturated carbocycles. The predicted octanol–water partition coefficient (Wildman–Crippen LogP) is 3.81. The maximum Gasteiger partial charge on any atom is 0.414 e. The van der Waals surface area contributed by atoms with E-state index in [0.29, 0.717) is 18.0 Å². The number of carbonyl (C=O) groups is 3. The van der Waals surface area contributed by atoms with E-state index in [-0.39, 0.29) is 5.91 Å². The molecule has 4 N–H and O–H groups in total. The van der Waals surface area contributed by atoms with Gasteiger partial charge in [-0.05, 0) is 42.5 Å². The van der Waals surface area contributed by atoms with E-state index in [1.807, 2.05) is 67.6 Å². The third-order valence-electron chi connectivity index (χ3n) is 4.32. The zero-order valence-electron chi connectivity index (χ0n) is 18.1. The number of hydrogen-bond donors (Lipinski definition) is 4. The number of carbonyl (C=O) groups excluding carboxylic acids is 1. The first-order valence-corrected chi connectivity index (χ1v) is 11.1. The zero-order valence-corrected chi connectivity index (χ0v) is 18.9. The molecule has 0 aliphatic heterocycles. The Labute approximate surface area is 195 Å². The van der Waals surface area contributed by atoms with Gasteiger partial charge in [-0.15, -0.1) is 11.3 Å². The predicted molar refractivity (Wildman–Crippen MR) is 127 cm³/mol. The molecule has 3 rings (SSSR count). The van der Waals surface area contributed by atoms with Crippen molar-refractivity contribution in [3.05, 3.63) is 82.6 Å². The Bertz CT molecular complexity index is 1010. The maximum atomic E-state index is 13.0. The Hall–Kier alpha value is -3.69. The van der Waals surface area contributed by atoms with Gasteiger partial charge in [-0.1, -0.05) is 48.5 Å². The number of ether oxygens (including phenoxy) is 1. The number of rotatable bonds is 9. The van der Waals surface area contributed by atoms with Gasteiger partial charge in [-0.2, -0.15) is 0 Å². The summed E-state index contributed by atoms with van der Waals surface area (Å²) in [7, 11) is 0. The van der Waals surface area contributed by atoms with Crippen LogP contribution in [0.1, 0.15) is 23.4 Å². The number of thiophene rings is 1. The quantitative estimate of drug-likeness (QED) is 0.350. The second-order valence-electron chi connectivity index (χ2n) is 6.66. The summed E-state index contributed by atoms with van der Waals surface area (Å²) >= 11 is 1.73. The van der Waals surface area contributed by atoms with Crippen LogP contribution in [0.2, 0.25) is 0 Å². The van der Waals surface area contributed by atoms with Crippen molar-refractivity contribution in [1.82, 2.24) is 5.32 Å². The number of benzene rings is 2. The van der Waals surface area contributed by atoms with Gasteiger partial charge < -0.3 is 25.6 Å². The van der Waals surface area contributed by atoms with Gasteiger partial charge in [0.25, 0.3) is 0 Å². The third-order valence-corrected chi connectivity index (χ3v) is 5.26. The molecule has 1 atom stereocenters. The first kappa shape index (κ1) is 25.6. The summed E-state index contributed by atoms with van der Waals surface area (Å²) in [6, 6.07) is 21.0. The monoisotopic (exact) mass is 470 g/mol. The van der Waals surface area contributed by atoms with Crippen LogP contribution < -0.4 is 15.4 Å². The first-order valence-electron chi connectivity index (χ1n) is 10.2. The second-order valence-corrected chi connectivity index (χ2v) is 7.69. The van der Waals surface area contributed by atoms with Crippen molar-refractivity contribution in [3.8, 4) is 5.75 Å². The molecule has 1 heterocycles. The highest BCUT2D eigenvalue weighted by Crippen LogP contribution is 2.25. The molecule has 1 aromatic heterocycles. The molecule has 174 valence electrons. The van der Waals surface area contributed by atoms with Gasteiger partial charge in [-0.3, -0.25) is 4.79 Å². The standard InChI is InChI=1S/C22H24N2O2S.C2H2O4/c1-2-26-20-13-7-6-12-19(20)24-22(25)21(17-9-4-3-5-10-17)23-15-14-18-11-8-16-27-18;3-1(4)2(5)6/h3-13,16,21,23H,2,14-15H2,1H3,(H,24,25);(H,3,4)(H,5,6). The molecule has 0 aliphatic carbocycles. The molecule has 0 bridgehead atoms. The van der Waals surface area contributed by atoms with Gasteiger partial charge in [0.1, 0.15) is 11.8 Å². The number of carboxylic acids is 2. The number of nitrogens with one attached hydrogen (secondary N) is 2. The first-order chi connectivity index (χ1) is 15.9. The number of amides is 1. The maximum absolute atomic E-state index is 13.0. The molecule has 3 aromatic rings. The fourth-order valence-corrected chi connectivity index (χ4v) is 3.57. The Morgan fingerprint density at radius 3 is 2.21 bits per heavy atom. The average molecular weight is 471 g/mol. The number of para-hydroxylation sites is 2. The molecule has 33 heavy (non-hydrogen) atoms. The Balaban J connectivity index is 0.000000569. The van der Waals surface area contributed by atoms with E-state index in [1.165, 1.54) is 4.88 Å². The highest BCUT2D eigenvalue weighted by atomic mass is 32.1. The van der Waals surface area contributed by atoms with Gasteiger partial charge >= 0.3 is 11.9 Å². The normalized spacial score (nSPS) is 10.9. The van der Waals surface area contributed by atoms with Gasteiger partial charge in [-0.25, -0.2) is 9.59 Å². The van der Waals surface area contributed by atoms with Crippen LogP contribution in [0, 0.1) is 0 Å². The molecular weight excluding hydrogens is 444 g/mol. The van der Waals surface area contributed by atoms with Crippen LogP contribution in [-0.2, 0) is 20.8 Å². The molecule has 9 heteroatoms. The Kier molecular flexibility index (Phi) is 10.6. The van der Waals surface area contributed by atoms with Crippen LogP contribution in [0.4, 0.5) is 5.69 Å². The van der Waals surface area contributed by atoms with E-state index >= 15 is 0 Å². The number of aliphatic carboxylic acids is 2. The molecule has 2 aromatic carbocycles. The number of anilines is 1. The highest BCUT2D eigenvalue weighted by Gasteiger charge is 2.21. The SMILES string of the molecule is CCOc1ccccc1NC(=O)C(NCCc1cccs1)c1ccccc1.O=C(O)C(=O)O. The number of hydrogen-bond acceptors (Lipinski definition) is 6. The molecule has 0 saturated heterocycles. The second kappa shape index (κ2) is 13.7. The lowest BCUT2D eigenvalue weighted by Gasteiger charge is -2.20. The van der Waals surface area contributed by atoms with Crippen LogP contribution in [0.3, 0.4) is 0 Å². The molecule has 1 amide bonds. The molecule has 0 aliphatic rings. The van der Waals surface area contributed by atoms with E-state index in [4.69, 9.17) is 24.5 Å². The van der Waals surface area contributed by atoms with Crippen LogP contribution >= 0.6 is 11.3 Å². The highest BCUT2D eigenvalue weighted by molar-refractivity contribution is 7.09. The summed E-state index contributed by atoms with van der Waals surface area (Å²) in [6.45, 7) is 3.20. The molecule has 0 fully saturated rings. The lowest BCUT2D eigenvalue weighted by molar-refractivity contribution is -0.159. The van der Waals surface area contributed by atoms with Crippen molar-refractivity contribution >= 4 is 34.9 Å². The molecule has 1 unspecified atom stereocenters. The van der Waals surface area contributed by atoms with Crippen LogP contribution in [0.5, 0.6) is 5.75 Å². The zero-order chi connectivity index (χ0) is 24.1. The van der Waals surface area contributed by atoms with Gasteiger partial charge in [0.2, 0.25) is 5.91 Å². The fraction of sp³-hybridized carbons (Fsp3) is 0.208. The number of carboxylic acid groups (broad SMARTS) is 2. The summed E-state index contributed by atoms with van der Waals surface area (Å²) < 4.78 is 5.62. The van der Waals surface area contributed by atoms with E-state index in [2.05, 4.69) is 22.1 Å². The molecule has 8 nitrogen and oxygen atoms in total. The summed E-state index contributed by atoms with van der Waals surface area (Å²) in [4.78, 5) is 32.5. The van der Waals surface area contributed by atoms with Gasteiger partial charge in [0.15, 0.2) is 0 Å². The minimum Gasteiger partial charge on any atom is -0.492 e. The minimum absolute atomic E-state index is 0.0977. The summed E-state index contributed by atoms with van der Waals surface area (Å²) in [5.41, 5.74) is 1.63. The van der Waals surface area contributed by atoms with Crippen LogP contribution in [-0.4, -0.2) is 41.2 Å². The van der Waals surface area contributed by atoms with Crippen molar-refractivity contribution in [2.75, 3.05) is 18.5 Å². The average Bonchev–Trinajstić information content (AvgIpc) is 3.33. The van der Waals surface area contributed by atoms with E-state index in [9.17, 15) is 4.79 Å². The van der Waals surface area contributed by atoms with Crippen molar-refractivity contribution in [3.63, 3.8) is 0 Å². The largest absolute Gasteiger partial charge is 0.492 e. The van der Waals surface area contributed by atoms with Crippen LogP contribution in [0.25, 0.3) is 0 Å². The van der Waals surface area contributed by atoms with E-state index in [1.54, 1.807) is 11.3 Å². The summed E-state index contributed by atoms with van der Waals surface area (Å²) in [5.74, 6) is -3.07. The van der Waals surface area contributed by atoms with Crippen LogP contribution in [0.15, 0.2) is 72.1 Å². The Morgan fingerprint density at radius 1 is 0.939 bits per heavy atom. The van der Waals surface area contributed by atoms with Gasteiger partial charge in [0, 0.05) is 11.4 Å². The molecule has 0 spiro atoms. The molecule has 0 radical (unpaired) electrons. The summed E-state index contributed by atoms with van der Waals surface area (Å²) in [6.07, 6.45) is 0.893. The Morgan fingerprint density at radius 2 is 1.61 bits per heavy atom. The van der Waals surface area contributed by atoms with Gasteiger partial charge in [0.05, 0.1) is 12.3 Å². The van der Waals surface area contributed by atoms with E-state index < -0.39 is 18.0 Å². The van der Waals surface area contributed by atoms with Crippen molar-refractivity contribution < 1.29 is 29.3 Å². The van der Waals surface area contributed by atoms with Crippen molar-refractivity contribution in [1.29, 1.82) is 0 Å². The smallest absolute Gasteiger partial charge is 0.414 e. The van der Waals surface area contributed by atoms with Crippen molar-refractivity contribution in [2.45, 2.75) is 19.4 Å². The summed E-state index contributed by atoms with van der Waals surface area (Å²) in [5, 5.41) is 23.3. The third kappa shape index (κ3) is 8.76. The fourth-order valence-electron chi connectivity index (χ4n) is 2.86. The molecular formula is C24H26N2O6S. The van der Waals surface area contributed by atoms with E-state index in [0.717, 1.165) is 18.5 Å². The topological polar surface area (TPSA) is 125 Å². The minimum atomic E-state index is -1.82. The van der Waals surface area contributed by atoms with Crippen molar-refractivity contribution in [2.24, 2.45) is 0 Å². The lowest BCUT2D eigenvalue weighted by atomic mass is 10.1. The lowest BCUT2D eigenvalue weighted by Crippen LogP contribution is -2.34.